The molecule has 2 rings (SSSR count). The first kappa shape index (κ1) is 14.2. The summed E-state index contributed by atoms with van der Waals surface area (Å²) in [7, 11) is 1.57. The van der Waals surface area contributed by atoms with Crippen LogP contribution in [0.15, 0.2) is 36.4 Å². The molecule has 0 amide bonds. The van der Waals surface area contributed by atoms with Gasteiger partial charge in [-0.25, -0.2) is 4.39 Å². The molecule has 102 valence electrons. The second kappa shape index (κ2) is 6.27. The van der Waals surface area contributed by atoms with Crippen LogP contribution in [0.2, 0.25) is 5.02 Å². The van der Waals surface area contributed by atoms with Crippen LogP contribution in [0.4, 0.5) is 10.1 Å². The van der Waals surface area contributed by atoms with Crippen molar-refractivity contribution in [2.45, 2.75) is 6.54 Å². The third-order valence-corrected chi connectivity index (χ3v) is 3.21. The Kier molecular flexibility index (Phi) is 4.44. The minimum atomic E-state index is -0.534. The topological polar surface area (TPSA) is 45.0 Å². The maximum atomic E-state index is 13.2. The van der Waals surface area contributed by atoms with E-state index in [1.165, 1.54) is 12.1 Å². The molecule has 0 spiro atoms. The van der Waals surface area contributed by atoms with Crippen LogP contribution >= 0.6 is 11.6 Å². The average molecular weight is 291 g/mol. The number of hydrogen-bond donors (Lipinski definition) is 1. The number of anilines is 1. The van der Waals surface area contributed by atoms with E-state index in [0.717, 1.165) is 5.56 Å². The Bertz CT molecular complexity index is 667. The Morgan fingerprint density at radius 3 is 2.85 bits per heavy atom. The molecule has 0 saturated carbocycles. The minimum Gasteiger partial charge on any atom is -0.496 e. The molecule has 3 nitrogen and oxygen atoms in total. The van der Waals surface area contributed by atoms with Crippen molar-refractivity contribution in [3.05, 3.63) is 58.4 Å². The second-order valence-electron chi connectivity index (χ2n) is 4.08. The smallest absolute Gasteiger partial charge is 0.141 e. The van der Waals surface area contributed by atoms with Gasteiger partial charge in [-0.05, 0) is 30.3 Å². The Balaban J connectivity index is 2.19. The van der Waals surface area contributed by atoms with Crippen molar-refractivity contribution < 1.29 is 9.13 Å². The number of hydrogen-bond acceptors (Lipinski definition) is 3. The largest absolute Gasteiger partial charge is 0.496 e. The van der Waals surface area contributed by atoms with Gasteiger partial charge >= 0.3 is 0 Å². The van der Waals surface area contributed by atoms with E-state index >= 15 is 0 Å². The highest BCUT2D eigenvalue weighted by atomic mass is 35.5. The highest BCUT2D eigenvalue weighted by Crippen LogP contribution is 2.27. The number of rotatable bonds is 4. The summed E-state index contributed by atoms with van der Waals surface area (Å²) in [4.78, 5) is 0. The SMILES string of the molecule is COc1cccc(Cl)c1CNc1ccc(F)c(C#N)c1. The number of halogens is 2. The van der Waals surface area contributed by atoms with Crippen LogP contribution in [0.3, 0.4) is 0 Å². The number of nitrogens with one attached hydrogen (secondary N) is 1. The van der Waals surface area contributed by atoms with E-state index in [9.17, 15) is 4.39 Å². The van der Waals surface area contributed by atoms with E-state index in [1.807, 2.05) is 6.07 Å². The summed E-state index contributed by atoms with van der Waals surface area (Å²) in [6.07, 6.45) is 0. The predicted molar refractivity (Wildman–Crippen MR) is 76.4 cm³/mol. The lowest BCUT2D eigenvalue weighted by atomic mass is 10.1. The van der Waals surface area contributed by atoms with Crippen molar-refractivity contribution in [1.29, 1.82) is 5.26 Å². The molecule has 0 fully saturated rings. The van der Waals surface area contributed by atoms with Crippen LogP contribution in [-0.4, -0.2) is 7.11 Å². The molecule has 0 atom stereocenters. The molecule has 2 aromatic rings. The van der Waals surface area contributed by atoms with Crippen LogP contribution in [0.1, 0.15) is 11.1 Å². The van der Waals surface area contributed by atoms with Crippen molar-refractivity contribution in [3.8, 4) is 11.8 Å². The van der Waals surface area contributed by atoms with E-state index in [1.54, 1.807) is 31.4 Å². The number of methoxy groups -OCH3 is 1. The molecule has 1 N–H and O–H groups in total. The normalized spacial score (nSPS) is 9.90. The first-order valence-electron chi connectivity index (χ1n) is 5.90. The Labute approximate surface area is 121 Å². The molecule has 0 radical (unpaired) electrons. The van der Waals surface area contributed by atoms with E-state index < -0.39 is 5.82 Å². The van der Waals surface area contributed by atoms with Crippen LogP contribution < -0.4 is 10.1 Å². The van der Waals surface area contributed by atoms with E-state index in [2.05, 4.69) is 5.32 Å². The quantitative estimate of drug-likeness (QED) is 0.926. The van der Waals surface area contributed by atoms with Crippen molar-refractivity contribution in [1.82, 2.24) is 0 Å². The number of nitrogens with zero attached hydrogens (tertiary/aromatic N) is 1. The van der Waals surface area contributed by atoms with Gasteiger partial charge in [0.15, 0.2) is 0 Å². The molecular weight excluding hydrogens is 279 g/mol. The fourth-order valence-electron chi connectivity index (χ4n) is 1.81. The number of benzene rings is 2. The van der Waals surface area contributed by atoms with Gasteiger partial charge in [-0.2, -0.15) is 5.26 Å². The lowest BCUT2D eigenvalue weighted by Crippen LogP contribution is -2.03. The van der Waals surface area contributed by atoms with Crippen molar-refractivity contribution in [2.75, 3.05) is 12.4 Å². The molecule has 0 heterocycles. The summed E-state index contributed by atoms with van der Waals surface area (Å²) >= 11 is 6.13. The molecule has 0 unspecified atom stereocenters. The first-order valence-corrected chi connectivity index (χ1v) is 6.28. The van der Waals surface area contributed by atoms with Gasteiger partial charge in [0.05, 0.1) is 12.7 Å². The summed E-state index contributed by atoms with van der Waals surface area (Å²) in [5.74, 6) is 0.140. The summed E-state index contributed by atoms with van der Waals surface area (Å²) in [6.45, 7) is 0.416. The van der Waals surface area contributed by atoms with Crippen LogP contribution in [0.5, 0.6) is 5.75 Å². The monoisotopic (exact) mass is 290 g/mol. The van der Waals surface area contributed by atoms with E-state index in [-0.39, 0.29) is 5.56 Å². The van der Waals surface area contributed by atoms with E-state index in [4.69, 9.17) is 21.6 Å². The molecule has 0 aromatic heterocycles. The van der Waals surface area contributed by atoms with Gasteiger partial charge in [-0.15, -0.1) is 0 Å². The highest BCUT2D eigenvalue weighted by molar-refractivity contribution is 6.31. The molecule has 0 aliphatic rings. The lowest BCUT2D eigenvalue weighted by molar-refractivity contribution is 0.410. The summed E-state index contributed by atoms with van der Waals surface area (Å²) in [5, 5.41) is 12.5. The molecule has 0 bridgehead atoms. The Hall–Kier alpha value is -2.25. The van der Waals surface area contributed by atoms with Crippen LogP contribution in [0, 0.1) is 17.1 Å². The maximum Gasteiger partial charge on any atom is 0.141 e. The Morgan fingerprint density at radius 2 is 2.15 bits per heavy atom. The zero-order valence-electron chi connectivity index (χ0n) is 10.8. The van der Waals surface area contributed by atoms with Gasteiger partial charge < -0.3 is 10.1 Å². The maximum absolute atomic E-state index is 13.2. The first-order chi connectivity index (χ1) is 9.65. The Morgan fingerprint density at radius 1 is 1.35 bits per heavy atom. The van der Waals surface area contributed by atoms with Gasteiger partial charge in [0.1, 0.15) is 17.6 Å². The van der Waals surface area contributed by atoms with Gasteiger partial charge in [-0.1, -0.05) is 17.7 Å². The zero-order valence-corrected chi connectivity index (χ0v) is 11.5. The van der Waals surface area contributed by atoms with Crippen LogP contribution in [0.25, 0.3) is 0 Å². The fraction of sp³-hybridized carbons (Fsp3) is 0.133. The number of ether oxygens (including phenoxy) is 1. The summed E-state index contributed by atoms with van der Waals surface area (Å²) < 4.78 is 18.5. The van der Waals surface area contributed by atoms with Gasteiger partial charge in [-0.3, -0.25) is 0 Å². The average Bonchev–Trinajstić information content (AvgIpc) is 2.47. The molecular formula is C15H12ClFN2O. The lowest BCUT2D eigenvalue weighted by Gasteiger charge is -2.12. The molecule has 5 heteroatoms. The van der Waals surface area contributed by atoms with Crippen molar-refractivity contribution in [3.63, 3.8) is 0 Å². The standard InChI is InChI=1S/C15H12ClFN2O/c1-20-15-4-2-3-13(16)12(15)9-19-11-5-6-14(17)10(7-11)8-18/h2-7,19H,9H2,1H3. The van der Waals surface area contributed by atoms with Gasteiger partial charge in [0.25, 0.3) is 0 Å². The molecule has 2 aromatic carbocycles. The van der Waals surface area contributed by atoms with Crippen molar-refractivity contribution >= 4 is 17.3 Å². The third kappa shape index (κ3) is 3.01. The molecule has 0 aliphatic carbocycles. The molecule has 0 saturated heterocycles. The van der Waals surface area contributed by atoms with Gasteiger partial charge in [0.2, 0.25) is 0 Å². The third-order valence-electron chi connectivity index (χ3n) is 2.85. The number of nitriles is 1. The zero-order chi connectivity index (χ0) is 14.5. The minimum absolute atomic E-state index is 0.00104. The highest BCUT2D eigenvalue weighted by Gasteiger charge is 2.08. The van der Waals surface area contributed by atoms with Crippen LogP contribution in [-0.2, 0) is 6.54 Å². The summed E-state index contributed by atoms with van der Waals surface area (Å²) in [6, 6.07) is 11.5. The molecule has 0 aliphatic heterocycles. The van der Waals surface area contributed by atoms with Crippen molar-refractivity contribution in [2.24, 2.45) is 0 Å². The molecule has 20 heavy (non-hydrogen) atoms. The fourth-order valence-corrected chi connectivity index (χ4v) is 2.05. The van der Waals surface area contributed by atoms with Gasteiger partial charge in [0, 0.05) is 22.8 Å². The summed E-state index contributed by atoms with van der Waals surface area (Å²) in [5.41, 5.74) is 1.45. The predicted octanol–water partition coefficient (Wildman–Crippen LogP) is 3.97. The van der Waals surface area contributed by atoms with E-state index in [0.29, 0.717) is 23.0 Å². The second-order valence-corrected chi connectivity index (χ2v) is 4.49.